The number of nitrogens with one attached hydrogen (secondary N) is 1. The van der Waals surface area contributed by atoms with E-state index in [-0.39, 0.29) is 0 Å². The van der Waals surface area contributed by atoms with Gasteiger partial charge < -0.3 is 10.2 Å². The molecule has 2 nitrogen and oxygen atoms in total. The zero-order valence-corrected chi connectivity index (χ0v) is 12.8. The van der Waals surface area contributed by atoms with Crippen molar-refractivity contribution < 1.29 is 0 Å². The van der Waals surface area contributed by atoms with Crippen molar-refractivity contribution in [1.82, 2.24) is 10.2 Å². The van der Waals surface area contributed by atoms with Gasteiger partial charge in [0.2, 0.25) is 0 Å². The molecule has 0 amide bonds. The molecule has 0 aliphatic heterocycles. The van der Waals surface area contributed by atoms with Crippen molar-refractivity contribution in [2.75, 3.05) is 20.1 Å². The van der Waals surface area contributed by atoms with Gasteiger partial charge >= 0.3 is 0 Å². The van der Waals surface area contributed by atoms with Gasteiger partial charge in [-0.25, -0.2) is 0 Å². The van der Waals surface area contributed by atoms with Crippen molar-refractivity contribution in [1.29, 1.82) is 0 Å². The molecule has 1 N–H and O–H groups in total. The second kappa shape index (κ2) is 7.14. The first-order valence-electron chi connectivity index (χ1n) is 6.20. The summed E-state index contributed by atoms with van der Waals surface area (Å²) in [6.45, 7) is 9.64. The van der Waals surface area contributed by atoms with Crippen molar-refractivity contribution in [3.63, 3.8) is 0 Å². The Labute approximate surface area is 114 Å². The lowest BCUT2D eigenvalue weighted by atomic mass is 10.1. The molecule has 0 bridgehead atoms. The molecule has 0 spiro atoms. The number of halogens is 1. The highest BCUT2D eigenvalue weighted by molar-refractivity contribution is 9.10. The quantitative estimate of drug-likeness (QED) is 0.868. The third-order valence-corrected chi connectivity index (χ3v) is 4.17. The van der Waals surface area contributed by atoms with E-state index in [1.807, 2.05) is 0 Å². The van der Waals surface area contributed by atoms with Gasteiger partial charge in [-0.15, -0.1) is 0 Å². The van der Waals surface area contributed by atoms with Crippen molar-refractivity contribution in [2.24, 2.45) is 0 Å². The summed E-state index contributed by atoms with van der Waals surface area (Å²) in [6, 6.07) is 6.91. The number of rotatable bonds is 6. The first kappa shape index (κ1) is 14.7. The fourth-order valence-corrected chi connectivity index (χ4v) is 2.19. The molecule has 0 aliphatic carbocycles. The molecule has 1 atom stereocenters. The monoisotopic (exact) mass is 298 g/mol. The fourth-order valence-electron chi connectivity index (χ4n) is 1.79. The average molecular weight is 299 g/mol. The SMILES string of the molecule is CCN(C)CC(C)NCc1cccc(C)c1Br. The van der Waals surface area contributed by atoms with Gasteiger partial charge in [-0.3, -0.25) is 0 Å². The normalized spacial score (nSPS) is 13.1. The van der Waals surface area contributed by atoms with Gasteiger partial charge in [0, 0.05) is 23.6 Å². The van der Waals surface area contributed by atoms with Crippen LogP contribution in [-0.4, -0.2) is 31.1 Å². The second-order valence-corrected chi connectivity index (χ2v) is 5.48. The van der Waals surface area contributed by atoms with Crippen LogP contribution in [0.1, 0.15) is 25.0 Å². The van der Waals surface area contributed by atoms with E-state index in [2.05, 4.69) is 72.2 Å². The maximum atomic E-state index is 3.64. The van der Waals surface area contributed by atoms with Crippen molar-refractivity contribution >= 4 is 15.9 Å². The number of aryl methyl sites for hydroxylation is 1. The highest BCUT2D eigenvalue weighted by atomic mass is 79.9. The molecule has 1 unspecified atom stereocenters. The molecule has 1 rings (SSSR count). The molecular formula is C14H23BrN2. The maximum Gasteiger partial charge on any atom is 0.0249 e. The molecule has 0 aromatic heterocycles. The highest BCUT2D eigenvalue weighted by Crippen LogP contribution is 2.20. The Morgan fingerprint density at radius 1 is 1.41 bits per heavy atom. The number of likely N-dealkylation sites (N-methyl/N-ethyl adjacent to an activating group) is 1. The van der Waals surface area contributed by atoms with Crippen LogP contribution in [0.25, 0.3) is 0 Å². The average Bonchev–Trinajstić information content (AvgIpc) is 2.31. The Kier molecular flexibility index (Phi) is 6.17. The summed E-state index contributed by atoms with van der Waals surface area (Å²) >= 11 is 3.64. The Hall–Kier alpha value is -0.380. The van der Waals surface area contributed by atoms with Crippen LogP contribution in [-0.2, 0) is 6.54 Å². The van der Waals surface area contributed by atoms with Crippen LogP contribution in [0, 0.1) is 6.92 Å². The molecule has 0 saturated carbocycles. The van der Waals surface area contributed by atoms with Crippen LogP contribution in [0.4, 0.5) is 0 Å². The molecule has 3 heteroatoms. The standard InChI is InChI=1S/C14H23BrN2/c1-5-17(4)10-12(3)16-9-13-8-6-7-11(2)14(13)15/h6-8,12,16H,5,9-10H2,1-4H3. The van der Waals surface area contributed by atoms with Gasteiger partial charge in [-0.2, -0.15) is 0 Å². The molecule has 96 valence electrons. The molecule has 1 aromatic rings. The summed E-state index contributed by atoms with van der Waals surface area (Å²) in [5.74, 6) is 0. The van der Waals surface area contributed by atoms with E-state index in [0.29, 0.717) is 6.04 Å². The molecule has 1 aromatic carbocycles. The van der Waals surface area contributed by atoms with Crippen LogP contribution in [0.3, 0.4) is 0 Å². The summed E-state index contributed by atoms with van der Waals surface area (Å²) in [5.41, 5.74) is 2.62. The van der Waals surface area contributed by atoms with E-state index in [1.165, 1.54) is 15.6 Å². The third kappa shape index (κ3) is 4.78. The molecule has 0 saturated heterocycles. The topological polar surface area (TPSA) is 15.3 Å². The number of hydrogen-bond acceptors (Lipinski definition) is 2. The van der Waals surface area contributed by atoms with Gasteiger partial charge in [0.1, 0.15) is 0 Å². The second-order valence-electron chi connectivity index (χ2n) is 4.68. The van der Waals surface area contributed by atoms with Crippen molar-refractivity contribution in [2.45, 2.75) is 33.4 Å². The predicted molar refractivity (Wildman–Crippen MR) is 78.4 cm³/mol. The van der Waals surface area contributed by atoms with E-state index in [1.54, 1.807) is 0 Å². The summed E-state index contributed by atoms with van der Waals surface area (Å²) < 4.78 is 1.23. The largest absolute Gasteiger partial charge is 0.309 e. The van der Waals surface area contributed by atoms with Crippen LogP contribution >= 0.6 is 15.9 Å². The first-order valence-corrected chi connectivity index (χ1v) is 6.99. The number of nitrogens with zero attached hydrogens (tertiary/aromatic N) is 1. The fraction of sp³-hybridized carbons (Fsp3) is 0.571. The lowest BCUT2D eigenvalue weighted by molar-refractivity contribution is 0.309. The van der Waals surface area contributed by atoms with Crippen molar-refractivity contribution in [3.8, 4) is 0 Å². The van der Waals surface area contributed by atoms with Gasteiger partial charge in [0.25, 0.3) is 0 Å². The molecule has 17 heavy (non-hydrogen) atoms. The Morgan fingerprint density at radius 3 is 2.76 bits per heavy atom. The Balaban J connectivity index is 2.47. The van der Waals surface area contributed by atoms with E-state index in [0.717, 1.165) is 19.6 Å². The molecule has 0 fully saturated rings. The summed E-state index contributed by atoms with van der Waals surface area (Å²) in [6.07, 6.45) is 0. The van der Waals surface area contributed by atoms with Crippen LogP contribution in [0.2, 0.25) is 0 Å². The van der Waals surface area contributed by atoms with Crippen LogP contribution in [0.5, 0.6) is 0 Å². The smallest absolute Gasteiger partial charge is 0.0249 e. The Bertz CT molecular complexity index is 352. The van der Waals surface area contributed by atoms with Gasteiger partial charge in [-0.05, 0) is 38.6 Å². The van der Waals surface area contributed by atoms with Crippen LogP contribution in [0.15, 0.2) is 22.7 Å². The van der Waals surface area contributed by atoms with E-state index >= 15 is 0 Å². The highest BCUT2D eigenvalue weighted by Gasteiger charge is 2.06. The number of hydrogen-bond donors (Lipinski definition) is 1. The Morgan fingerprint density at radius 2 is 2.12 bits per heavy atom. The zero-order valence-electron chi connectivity index (χ0n) is 11.3. The minimum absolute atomic E-state index is 0.507. The lowest BCUT2D eigenvalue weighted by Crippen LogP contribution is -2.37. The maximum absolute atomic E-state index is 3.64. The third-order valence-electron chi connectivity index (χ3n) is 3.04. The molecule has 0 radical (unpaired) electrons. The van der Waals surface area contributed by atoms with E-state index in [4.69, 9.17) is 0 Å². The molecular weight excluding hydrogens is 276 g/mol. The lowest BCUT2D eigenvalue weighted by Gasteiger charge is -2.21. The van der Waals surface area contributed by atoms with E-state index < -0.39 is 0 Å². The molecule has 0 aliphatic rings. The molecule has 0 heterocycles. The minimum Gasteiger partial charge on any atom is -0.309 e. The predicted octanol–water partition coefficient (Wildman–Crippen LogP) is 3.19. The summed E-state index contributed by atoms with van der Waals surface area (Å²) in [5, 5.41) is 3.56. The minimum atomic E-state index is 0.507. The number of benzene rings is 1. The van der Waals surface area contributed by atoms with Gasteiger partial charge in [0.15, 0.2) is 0 Å². The summed E-state index contributed by atoms with van der Waals surface area (Å²) in [7, 11) is 2.15. The first-order chi connectivity index (χ1) is 8.04. The van der Waals surface area contributed by atoms with Crippen molar-refractivity contribution in [3.05, 3.63) is 33.8 Å². The van der Waals surface area contributed by atoms with Gasteiger partial charge in [0.05, 0.1) is 0 Å². The van der Waals surface area contributed by atoms with Gasteiger partial charge in [-0.1, -0.05) is 41.1 Å². The van der Waals surface area contributed by atoms with E-state index in [9.17, 15) is 0 Å². The summed E-state index contributed by atoms with van der Waals surface area (Å²) in [4.78, 5) is 2.32. The van der Waals surface area contributed by atoms with Crippen LogP contribution < -0.4 is 5.32 Å². The zero-order chi connectivity index (χ0) is 12.8.